The number of fused-ring (bicyclic) bond motifs is 1. The number of rotatable bonds is 3. The van der Waals surface area contributed by atoms with Crippen molar-refractivity contribution in [3.8, 4) is 0 Å². The number of likely N-dealkylation sites (tertiary alicyclic amines) is 1. The summed E-state index contributed by atoms with van der Waals surface area (Å²) < 4.78 is 26.9. The minimum absolute atomic E-state index is 0.183. The highest BCUT2D eigenvalue weighted by atomic mass is 79.9. The van der Waals surface area contributed by atoms with Crippen LogP contribution >= 0.6 is 15.9 Å². The first-order valence-electron chi connectivity index (χ1n) is 7.41. The number of alkyl halides is 2. The summed E-state index contributed by atoms with van der Waals surface area (Å²) in [5.41, 5.74) is -0.270. The number of aromatic nitrogens is 1. The topological polar surface area (TPSA) is 82.5 Å². The quantitative estimate of drug-likeness (QED) is 0.755. The van der Waals surface area contributed by atoms with Crippen LogP contribution in [-0.2, 0) is 4.79 Å². The lowest BCUT2D eigenvalue weighted by atomic mass is 10.0. The summed E-state index contributed by atoms with van der Waals surface area (Å²) in [5.74, 6) is -0.865. The third-order valence-electron chi connectivity index (χ3n) is 4.85. The molecule has 1 aromatic heterocycles. The lowest BCUT2D eigenvalue weighted by Gasteiger charge is -2.24. The lowest BCUT2D eigenvalue weighted by molar-refractivity contribution is -0.120. The van der Waals surface area contributed by atoms with Crippen molar-refractivity contribution in [2.45, 2.75) is 45.2 Å². The fourth-order valence-corrected chi connectivity index (χ4v) is 4.01. The number of pyridine rings is 1. The average Bonchev–Trinajstić information content (AvgIpc) is 2.98. The number of carboxylic acid groups (broad SMARTS) is 1. The standard InChI is InChI=1S/C15H16BrF2N3O3/c1-6-3-9(16)19-12(10(6)11(17)18)20-13(22)7-4-15(2)5-8(15)21(7)14(23)24/h3,7-8,11H,4-5H2,1-2H3,(H,23,24)(H,19,20,22)/t7-,8+,15-/m0/s1. The van der Waals surface area contributed by atoms with Gasteiger partial charge in [-0.1, -0.05) is 6.92 Å². The molecule has 9 heteroatoms. The first-order valence-corrected chi connectivity index (χ1v) is 8.20. The van der Waals surface area contributed by atoms with Crippen LogP contribution in [0.2, 0.25) is 0 Å². The van der Waals surface area contributed by atoms with Gasteiger partial charge in [0.15, 0.2) is 0 Å². The molecule has 1 saturated carbocycles. The molecule has 6 nitrogen and oxygen atoms in total. The number of anilines is 1. The maximum absolute atomic E-state index is 13.3. The van der Waals surface area contributed by atoms with Crippen LogP contribution in [0.15, 0.2) is 10.7 Å². The van der Waals surface area contributed by atoms with Crippen molar-refractivity contribution in [3.05, 3.63) is 21.8 Å². The highest BCUT2D eigenvalue weighted by Gasteiger charge is 2.64. The summed E-state index contributed by atoms with van der Waals surface area (Å²) in [4.78, 5) is 29.0. The molecular weight excluding hydrogens is 388 g/mol. The Balaban J connectivity index is 1.87. The first kappa shape index (κ1) is 17.1. The van der Waals surface area contributed by atoms with Gasteiger partial charge in [0.2, 0.25) is 5.91 Å². The van der Waals surface area contributed by atoms with Crippen molar-refractivity contribution in [2.24, 2.45) is 5.41 Å². The molecule has 0 spiro atoms. The number of carbonyl (C=O) groups is 2. The van der Waals surface area contributed by atoms with E-state index in [1.54, 1.807) is 0 Å². The van der Waals surface area contributed by atoms with Gasteiger partial charge >= 0.3 is 6.09 Å². The van der Waals surface area contributed by atoms with E-state index in [2.05, 4.69) is 26.2 Å². The second-order valence-corrected chi connectivity index (χ2v) is 7.41. The third kappa shape index (κ3) is 2.74. The van der Waals surface area contributed by atoms with Crippen LogP contribution in [0, 0.1) is 12.3 Å². The molecule has 130 valence electrons. The predicted molar refractivity (Wildman–Crippen MR) is 85.0 cm³/mol. The summed E-state index contributed by atoms with van der Waals surface area (Å²) in [5, 5.41) is 11.7. The Hall–Kier alpha value is -1.77. The van der Waals surface area contributed by atoms with Gasteiger partial charge in [0.25, 0.3) is 6.43 Å². The summed E-state index contributed by atoms with van der Waals surface area (Å²) in [6.07, 6.45) is -2.87. The summed E-state index contributed by atoms with van der Waals surface area (Å²) in [7, 11) is 0. The van der Waals surface area contributed by atoms with Gasteiger partial charge in [-0.2, -0.15) is 0 Å². The van der Waals surface area contributed by atoms with Gasteiger partial charge in [-0.25, -0.2) is 18.6 Å². The van der Waals surface area contributed by atoms with Crippen LogP contribution in [0.3, 0.4) is 0 Å². The van der Waals surface area contributed by atoms with Gasteiger partial charge in [-0.3, -0.25) is 9.69 Å². The second kappa shape index (κ2) is 5.65. The second-order valence-electron chi connectivity index (χ2n) is 6.60. The molecule has 0 aromatic carbocycles. The van der Waals surface area contributed by atoms with Gasteiger partial charge in [-0.15, -0.1) is 0 Å². The summed E-state index contributed by atoms with van der Waals surface area (Å²) in [6.45, 7) is 3.42. The van der Waals surface area contributed by atoms with Gasteiger partial charge in [0.1, 0.15) is 16.5 Å². The zero-order valence-electron chi connectivity index (χ0n) is 13.0. The largest absolute Gasteiger partial charge is 0.465 e. The molecule has 2 heterocycles. The number of halogens is 3. The Morgan fingerprint density at radius 3 is 2.75 bits per heavy atom. The number of carbonyl (C=O) groups excluding carboxylic acids is 1. The van der Waals surface area contributed by atoms with E-state index in [4.69, 9.17) is 0 Å². The summed E-state index contributed by atoms with van der Waals surface area (Å²) in [6, 6.07) is 0.363. The minimum atomic E-state index is -2.80. The fourth-order valence-electron chi connectivity index (χ4n) is 3.49. The lowest BCUT2D eigenvalue weighted by Crippen LogP contribution is -2.45. The molecule has 1 aromatic rings. The number of nitrogens with one attached hydrogen (secondary N) is 1. The third-order valence-corrected chi connectivity index (χ3v) is 5.26. The van der Waals surface area contributed by atoms with Crippen molar-refractivity contribution in [1.82, 2.24) is 9.88 Å². The van der Waals surface area contributed by atoms with E-state index < -0.39 is 24.5 Å². The van der Waals surface area contributed by atoms with Crippen LogP contribution in [-0.4, -0.2) is 39.1 Å². The smallest absolute Gasteiger partial charge is 0.408 e. The van der Waals surface area contributed by atoms with E-state index in [0.29, 0.717) is 16.6 Å². The zero-order chi connectivity index (χ0) is 17.8. The van der Waals surface area contributed by atoms with Crippen LogP contribution in [0.25, 0.3) is 0 Å². The SMILES string of the molecule is Cc1cc(Br)nc(NC(=O)[C@@H]2C[C@@]3(C)C[C@H]3N2C(=O)O)c1C(F)F. The molecule has 3 atom stereocenters. The first-order chi connectivity index (χ1) is 11.1. The predicted octanol–water partition coefficient (Wildman–Crippen LogP) is 3.56. The zero-order valence-corrected chi connectivity index (χ0v) is 14.6. The Labute approximate surface area is 145 Å². The van der Waals surface area contributed by atoms with Crippen LogP contribution in [0.1, 0.15) is 37.3 Å². The van der Waals surface area contributed by atoms with E-state index in [1.807, 2.05) is 6.92 Å². The molecule has 2 fully saturated rings. The van der Waals surface area contributed by atoms with Crippen molar-refractivity contribution < 1.29 is 23.5 Å². The maximum Gasteiger partial charge on any atom is 0.408 e. The Morgan fingerprint density at radius 1 is 1.50 bits per heavy atom. The molecule has 1 aliphatic heterocycles. The molecule has 0 radical (unpaired) electrons. The maximum atomic E-state index is 13.3. The Kier molecular flexibility index (Phi) is 4.01. The molecule has 0 bridgehead atoms. The van der Waals surface area contributed by atoms with Crippen LogP contribution < -0.4 is 5.32 Å². The average molecular weight is 404 g/mol. The van der Waals surface area contributed by atoms with Crippen LogP contribution in [0.4, 0.5) is 19.4 Å². The minimum Gasteiger partial charge on any atom is -0.465 e. The van der Waals surface area contributed by atoms with Crippen molar-refractivity contribution in [2.75, 3.05) is 5.32 Å². The number of amides is 2. The monoisotopic (exact) mass is 403 g/mol. The van der Waals surface area contributed by atoms with Gasteiger partial charge in [0.05, 0.1) is 5.56 Å². The number of nitrogens with zero attached hydrogens (tertiary/aromatic N) is 2. The molecule has 2 amide bonds. The highest BCUT2D eigenvalue weighted by molar-refractivity contribution is 9.10. The van der Waals surface area contributed by atoms with Gasteiger partial charge in [-0.05, 0) is 52.7 Å². The molecule has 24 heavy (non-hydrogen) atoms. The van der Waals surface area contributed by atoms with E-state index >= 15 is 0 Å². The number of piperidine rings is 1. The van der Waals surface area contributed by atoms with Crippen molar-refractivity contribution >= 4 is 33.7 Å². The molecule has 1 aliphatic carbocycles. The normalized spacial score (nSPS) is 28.0. The van der Waals surface area contributed by atoms with Crippen LogP contribution in [0.5, 0.6) is 0 Å². The van der Waals surface area contributed by atoms with E-state index in [1.165, 1.54) is 13.0 Å². The molecule has 0 unspecified atom stereocenters. The van der Waals surface area contributed by atoms with Crippen molar-refractivity contribution in [3.63, 3.8) is 0 Å². The Morgan fingerprint density at radius 2 is 2.17 bits per heavy atom. The van der Waals surface area contributed by atoms with E-state index in [9.17, 15) is 23.5 Å². The number of aryl methyl sites for hydroxylation is 1. The molecule has 2 aliphatic rings. The fraction of sp³-hybridized carbons (Fsp3) is 0.533. The molecule has 1 saturated heterocycles. The molecular formula is C15H16BrF2N3O3. The van der Waals surface area contributed by atoms with E-state index in [-0.39, 0.29) is 22.8 Å². The summed E-state index contributed by atoms with van der Waals surface area (Å²) >= 11 is 3.12. The van der Waals surface area contributed by atoms with Gasteiger partial charge in [0, 0.05) is 6.04 Å². The molecule has 3 rings (SSSR count). The number of hydrogen-bond donors (Lipinski definition) is 2. The molecule has 2 N–H and O–H groups in total. The van der Waals surface area contributed by atoms with E-state index in [0.717, 1.165) is 11.3 Å². The van der Waals surface area contributed by atoms with Crippen molar-refractivity contribution in [1.29, 1.82) is 0 Å². The Bertz CT molecular complexity index is 730. The van der Waals surface area contributed by atoms with Gasteiger partial charge < -0.3 is 10.4 Å². The number of hydrogen-bond acceptors (Lipinski definition) is 3. The highest BCUT2D eigenvalue weighted by Crippen LogP contribution is 2.59.